The number of hydrogen-bond donors (Lipinski definition) is 0. The third-order valence-electron chi connectivity index (χ3n) is 3.77. The van der Waals surface area contributed by atoms with Gasteiger partial charge in [0.1, 0.15) is 5.82 Å². The van der Waals surface area contributed by atoms with E-state index >= 15 is 0 Å². The number of benzene rings is 1. The van der Waals surface area contributed by atoms with Crippen LogP contribution in [0, 0.1) is 0 Å². The normalized spacial score (nSPS) is 15.4. The summed E-state index contributed by atoms with van der Waals surface area (Å²) in [5, 5.41) is 9.30. The van der Waals surface area contributed by atoms with E-state index in [0.717, 1.165) is 29.9 Å². The van der Waals surface area contributed by atoms with Crippen LogP contribution in [-0.4, -0.2) is 14.8 Å². The van der Waals surface area contributed by atoms with Crippen LogP contribution in [0.4, 0.5) is 13.2 Å². The van der Waals surface area contributed by atoms with Crippen molar-refractivity contribution in [2.75, 3.05) is 0 Å². The summed E-state index contributed by atoms with van der Waals surface area (Å²) in [5.74, 6) is 1.94. The molecule has 7 heteroatoms. The maximum absolute atomic E-state index is 12.8. The molecular weight excluding hydrogens is 323 g/mol. The van der Waals surface area contributed by atoms with Crippen LogP contribution in [0.3, 0.4) is 0 Å². The minimum atomic E-state index is -4.31. The number of nitrogens with zero attached hydrogens (tertiary/aromatic N) is 3. The van der Waals surface area contributed by atoms with Crippen molar-refractivity contribution in [2.24, 2.45) is 0 Å². The Balaban J connectivity index is 1.76. The van der Waals surface area contributed by atoms with Gasteiger partial charge < -0.3 is 4.57 Å². The van der Waals surface area contributed by atoms with Crippen LogP contribution < -0.4 is 0 Å². The van der Waals surface area contributed by atoms with Gasteiger partial charge in [0, 0.05) is 17.7 Å². The molecule has 0 saturated heterocycles. The fourth-order valence-electron chi connectivity index (χ4n) is 2.48. The van der Waals surface area contributed by atoms with E-state index < -0.39 is 11.7 Å². The molecule has 0 unspecified atom stereocenters. The molecule has 0 spiro atoms. The fourth-order valence-corrected chi connectivity index (χ4v) is 3.49. The average Bonchev–Trinajstić information content (AvgIpc) is 3.24. The van der Waals surface area contributed by atoms with Crippen molar-refractivity contribution in [3.8, 4) is 0 Å². The highest BCUT2D eigenvalue weighted by Crippen LogP contribution is 2.41. The van der Waals surface area contributed by atoms with Gasteiger partial charge in [-0.15, -0.1) is 10.2 Å². The van der Waals surface area contributed by atoms with Crippen LogP contribution in [0.1, 0.15) is 55.6 Å². The molecule has 1 aromatic heterocycles. The van der Waals surface area contributed by atoms with Crippen molar-refractivity contribution in [3.63, 3.8) is 0 Å². The summed E-state index contributed by atoms with van der Waals surface area (Å²) in [6, 6.07) is 5.69. The topological polar surface area (TPSA) is 30.7 Å². The molecule has 3 rings (SSSR count). The van der Waals surface area contributed by atoms with Gasteiger partial charge in [-0.05, 0) is 38.3 Å². The number of thioether (sulfide) groups is 1. The molecule has 0 amide bonds. The zero-order valence-electron chi connectivity index (χ0n) is 13.0. The molecule has 1 aliphatic carbocycles. The third-order valence-corrected chi connectivity index (χ3v) is 4.79. The number of hydrogen-bond acceptors (Lipinski definition) is 3. The van der Waals surface area contributed by atoms with Gasteiger partial charge in [0.05, 0.1) is 5.56 Å². The zero-order valence-corrected chi connectivity index (χ0v) is 13.8. The molecular formula is C16H18F3N3S. The molecule has 1 fully saturated rings. The molecule has 0 atom stereocenters. The Morgan fingerprint density at radius 3 is 2.61 bits per heavy atom. The summed E-state index contributed by atoms with van der Waals surface area (Å²) in [6.07, 6.45) is -2.02. The molecule has 0 aliphatic heterocycles. The highest BCUT2D eigenvalue weighted by molar-refractivity contribution is 7.98. The van der Waals surface area contributed by atoms with E-state index in [-0.39, 0.29) is 6.04 Å². The summed E-state index contributed by atoms with van der Waals surface area (Å²) in [7, 11) is 0. The average molecular weight is 341 g/mol. The minimum absolute atomic E-state index is 0.240. The van der Waals surface area contributed by atoms with Crippen LogP contribution in [0.5, 0.6) is 0 Å². The summed E-state index contributed by atoms with van der Waals surface area (Å²) < 4.78 is 40.4. The molecule has 23 heavy (non-hydrogen) atoms. The predicted molar refractivity (Wildman–Crippen MR) is 83.4 cm³/mol. The van der Waals surface area contributed by atoms with Crippen molar-refractivity contribution < 1.29 is 13.2 Å². The van der Waals surface area contributed by atoms with Crippen molar-refractivity contribution in [1.29, 1.82) is 0 Å². The maximum atomic E-state index is 12.8. The first-order valence-corrected chi connectivity index (χ1v) is 8.58. The Hall–Kier alpha value is -1.50. The van der Waals surface area contributed by atoms with Gasteiger partial charge in [-0.3, -0.25) is 0 Å². The van der Waals surface area contributed by atoms with Crippen LogP contribution in [0.2, 0.25) is 0 Å². The van der Waals surface area contributed by atoms with E-state index in [9.17, 15) is 13.2 Å². The first kappa shape index (κ1) is 16.4. The largest absolute Gasteiger partial charge is 0.416 e. The van der Waals surface area contributed by atoms with Gasteiger partial charge >= 0.3 is 6.18 Å². The standard InChI is InChI=1S/C16H18F3N3S/c1-10(2)22-14(12-6-7-12)20-21-15(22)23-9-11-4-3-5-13(8-11)16(17,18)19/h3-5,8,10,12H,6-7,9H2,1-2H3. The van der Waals surface area contributed by atoms with Crippen LogP contribution in [-0.2, 0) is 11.9 Å². The van der Waals surface area contributed by atoms with Gasteiger partial charge in [-0.25, -0.2) is 0 Å². The van der Waals surface area contributed by atoms with Crippen molar-refractivity contribution in [2.45, 2.75) is 55.7 Å². The lowest BCUT2D eigenvalue weighted by Crippen LogP contribution is -2.07. The second-order valence-electron chi connectivity index (χ2n) is 6.07. The molecule has 1 aliphatic rings. The van der Waals surface area contributed by atoms with E-state index in [1.54, 1.807) is 6.07 Å². The van der Waals surface area contributed by atoms with E-state index in [2.05, 4.69) is 28.6 Å². The molecule has 1 aromatic carbocycles. The first-order valence-electron chi connectivity index (χ1n) is 7.60. The van der Waals surface area contributed by atoms with Crippen LogP contribution in [0.25, 0.3) is 0 Å². The van der Waals surface area contributed by atoms with E-state index in [4.69, 9.17) is 0 Å². The van der Waals surface area contributed by atoms with Gasteiger partial charge in [-0.2, -0.15) is 13.2 Å². The van der Waals surface area contributed by atoms with Crippen molar-refractivity contribution in [1.82, 2.24) is 14.8 Å². The second kappa shape index (κ2) is 6.19. The smallest absolute Gasteiger partial charge is 0.303 e. The maximum Gasteiger partial charge on any atom is 0.416 e. The molecule has 0 radical (unpaired) electrons. The quantitative estimate of drug-likeness (QED) is 0.713. The van der Waals surface area contributed by atoms with Crippen LogP contribution >= 0.6 is 11.8 Å². The second-order valence-corrected chi connectivity index (χ2v) is 7.01. The Kier molecular flexibility index (Phi) is 4.40. The summed E-state index contributed by atoms with van der Waals surface area (Å²) in [5.41, 5.74) is 0.0238. The Morgan fingerprint density at radius 1 is 1.26 bits per heavy atom. The Bertz CT molecular complexity index is 690. The molecule has 3 nitrogen and oxygen atoms in total. The molecule has 1 saturated carbocycles. The molecule has 124 valence electrons. The van der Waals surface area contributed by atoms with E-state index in [0.29, 0.717) is 17.2 Å². The third kappa shape index (κ3) is 3.71. The monoisotopic (exact) mass is 341 g/mol. The van der Waals surface area contributed by atoms with Gasteiger partial charge in [0.2, 0.25) is 0 Å². The number of rotatable bonds is 5. The number of alkyl halides is 3. The summed E-state index contributed by atoms with van der Waals surface area (Å²) in [4.78, 5) is 0. The molecule has 2 aromatic rings. The lowest BCUT2D eigenvalue weighted by Gasteiger charge is -2.13. The molecule has 0 bridgehead atoms. The highest BCUT2D eigenvalue weighted by Gasteiger charge is 2.32. The number of halogens is 3. The predicted octanol–water partition coefficient (Wildman–Crippen LogP) is 5.05. The number of aromatic nitrogens is 3. The summed E-state index contributed by atoms with van der Waals surface area (Å²) in [6.45, 7) is 4.15. The lowest BCUT2D eigenvalue weighted by molar-refractivity contribution is -0.137. The van der Waals surface area contributed by atoms with Crippen molar-refractivity contribution >= 4 is 11.8 Å². The Morgan fingerprint density at radius 2 is 2.00 bits per heavy atom. The van der Waals surface area contributed by atoms with E-state index in [1.165, 1.54) is 23.9 Å². The first-order chi connectivity index (χ1) is 10.9. The SMILES string of the molecule is CC(C)n1c(SCc2cccc(C(F)(F)F)c2)nnc1C1CC1. The van der Waals surface area contributed by atoms with Gasteiger partial charge in [-0.1, -0.05) is 30.0 Å². The molecule has 1 heterocycles. The van der Waals surface area contributed by atoms with Crippen LogP contribution in [0.15, 0.2) is 29.4 Å². The fraction of sp³-hybridized carbons (Fsp3) is 0.500. The van der Waals surface area contributed by atoms with Crippen molar-refractivity contribution in [3.05, 3.63) is 41.2 Å². The minimum Gasteiger partial charge on any atom is -0.303 e. The summed E-state index contributed by atoms with van der Waals surface area (Å²) >= 11 is 1.44. The highest BCUT2D eigenvalue weighted by atomic mass is 32.2. The zero-order chi connectivity index (χ0) is 16.6. The van der Waals surface area contributed by atoms with E-state index in [1.807, 2.05) is 0 Å². The van der Waals surface area contributed by atoms with Gasteiger partial charge in [0.25, 0.3) is 0 Å². The lowest BCUT2D eigenvalue weighted by atomic mass is 10.1. The van der Waals surface area contributed by atoms with Gasteiger partial charge in [0.15, 0.2) is 5.16 Å². The molecule has 0 N–H and O–H groups in total. The Labute approximate surface area is 137 Å².